The van der Waals surface area contributed by atoms with Gasteiger partial charge in [0.25, 0.3) is 11.8 Å². The number of nitrogens with zero attached hydrogens (tertiary/aromatic N) is 2. The van der Waals surface area contributed by atoms with Gasteiger partial charge in [-0.15, -0.1) is 0 Å². The number of benzene rings is 2. The van der Waals surface area contributed by atoms with Crippen molar-refractivity contribution in [1.29, 1.82) is 0 Å². The van der Waals surface area contributed by atoms with Gasteiger partial charge in [-0.1, -0.05) is 60.7 Å². The SMILES string of the molecule is Cc1nc(-c2ccccc2)[nH]c1C1=CC(=O)N(Cc2ccccc2)C1=O. The highest BCUT2D eigenvalue weighted by Gasteiger charge is 2.33. The minimum atomic E-state index is -0.302. The van der Waals surface area contributed by atoms with E-state index in [1.54, 1.807) is 0 Å². The predicted octanol–water partition coefficient (Wildman–Crippen LogP) is 3.34. The van der Waals surface area contributed by atoms with Crippen molar-refractivity contribution in [2.75, 3.05) is 0 Å². The van der Waals surface area contributed by atoms with Crippen molar-refractivity contribution < 1.29 is 9.59 Å². The number of aromatic amines is 1. The number of rotatable bonds is 4. The number of carbonyl (C=O) groups excluding carboxylic acids is 2. The maximum atomic E-state index is 12.8. The highest BCUT2D eigenvalue weighted by molar-refractivity contribution is 6.33. The Morgan fingerprint density at radius 3 is 2.31 bits per heavy atom. The molecule has 2 aromatic carbocycles. The Kier molecular flexibility index (Phi) is 3.97. The van der Waals surface area contributed by atoms with Crippen molar-refractivity contribution in [2.24, 2.45) is 0 Å². The van der Waals surface area contributed by atoms with Crippen LogP contribution in [0.2, 0.25) is 0 Å². The molecule has 0 radical (unpaired) electrons. The quantitative estimate of drug-likeness (QED) is 0.739. The number of amides is 2. The molecule has 5 nitrogen and oxygen atoms in total. The largest absolute Gasteiger partial charge is 0.338 e. The van der Waals surface area contributed by atoms with Gasteiger partial charge in [-0.05, 0) is 12.5 Å². The van der Waals surface area contributed by atoms with E-state index in [2.05, 4.69) is 9.97 Å². The number of nitrogens with one attached hydrogen (secondary N) is 1. The molecule has 2 heterocycles. The lowest BCUT2D eigenvalue weighted by Gasteiger charge is -2.14. The molecule has 0 saturated carbocycles. The first kappa shape index (κ1) is 16.0. The maximum Gasteiger partial charge on any atom is 0.263 e. The van der Waals surface area contributed by atoms with E-state index < -0.39 is 0 Å². The van der Waals surface area contributed by atoms with Crippen molar-refractivity contribution in [3.05, 3.63) is 83.7 Å². The third-order valence-corrected chi connectivity index (χ3v) is 4.39. The van der Waals surface area contributed by atoms with Crippen molar-refractivity contribution in [3.8, 4) is 11.4 Å². The molecule has 4 rings (SSSR count). The van der Waals surface area contributed by atoms with E-state index in [1.807, 2.05) is 67.6 Å². The third-order valence-electron chi connectivity index (χ3n) is 4.39. The molecule has 0 fully saturated rings. The highest BCUT2D eigenvalue weighted by atomic mass is 16.2. The second kappa shape index (κ2) is 6.44. The molecule has 0 atom stereocenters. The van der Waals surface area contributed by atoms with Crippen molar-refractivity contribution in [3.63, 3.8) is 0 Å². The van der Waals surface area contributed by atoms with Gasteiger partial charge in [0.15, 0.2) is 0 Å². The van der Waals surface area contributed by atoms with Gasteiger partial charge in [0.05, 0.1) is 23.5 Å². The molecule has 1 aromatic heterocycles. The number of hydrogen-bond donors (Lipinski definition) is 1. The van der Waals surface area contributed by atoms with E-state index >= 15 is 0 Å². The van der Waals surface area contributed by atoms with Crippen molar-refractivity contribution >= 4 is 17.4 Å². The summed E-state index contributed by atoms with van der Waals surface area (Å²) in [6.07, 6.45) is 1.39. The molecular formula is C21H17N3O2. The van der Waals surface area contributed by atoms with Gasteiger partial charge in [0.1, 0.15) is 5.82 Å². The molecular weight excluding hydrogens is 326 g/mol. The molecule has 1 aliphatic rings. The first-order valence-electron chi connectivity index (χ1n) is 8.37. The summed E-state index contributed by atoms with van der Waals surface area (Å²) < 4.78 is 0. The number of imide groups is 1. The minimum absolute atomic E-state index is 0.261. The summed E-state index contributed by atoms with van der Waals surface area (Å²) in [5, 5.41) is 0. The van der Waals surface area contributed by atoms with Gasteiger partial charge in [-0.2, -0.15) is 0 Å². The molecule has 0 aliphatic carbocycles. The number of hydrogen-bond acceptors (Lipinski definition) is 3. The minimum Gasteiger partial charge on any atom is -0.338 e. The highest BCUT2D eigenvalue weighted by Crippen LogP contribution is 2.28. The van der Waals surface area contributed by atoms with Crippen LogP contribution in [0.4, 0.5) is 0 Å². The van der Waals surface area contributed by atoms with E-state index in [9.17, 15) is 9.59 Å². The normalized spacial score (nSPS) is 14.0. The Balaban J connectivity index is 1.63. The van der Waals surface area contributed by atoms with Crippen LogP contribution in [0.3, 0.4) is 0 Å². The van der Waals surface area contributed by atoms with Gasteiger partial charge in [0.2, 0.25) is 0 Å². The van der Waals surface area contributed by atoms with E-state index in [-0.39, 0.29) is 18.4 Å². The van der Waals surface area contributed by atoms with Crippen LogP contribution in [0, 0.1) is 6.92 Å². The fraction of sp³-hybridized carbons (Fsp3) is 0.0952. The zero-order chi connectivity index (χ0) is 18.1. The lowest BCUT2D eigenvalue weighted by Crippen LogP contribution is -2.30. The van der Waals surface area contributed by atoms with Crippen LogP contribution in [0.25, 0.3) is 17.0 Å². The van der Waals surface area contributed by atoms with E-state index in [1.165, 1.54) is 11.0 Å². The second-order valence-corrected chi connectivity index (χ2v) is 6.18. The van der Waals surface area contributed by atoms with Gasteiger partial charge >= 0.3 is 0 Å². The summed E-state index contributed by atoms with van der Waals surface area (Å²) in [6, 6.07) is 19.2. The standard InChI is InChI=1S/C21H17N3O2/c1-14-19(23-20(22-14)16-10-6-3-7-11-16)17-12-18(25)24(21(17)26)13-15-8-4-2-5-9-15/h2-12H,13H2,1H3,(H,22,23). The average molecular weight is 343 g/mol. The Morgan fingerprint density at radius 1 is 0.962 bits per heavy atom. The Labute approximate surface area is 151 Å². The lowest BCUT2D eigenvalue weighted by atomic mass is 10.1. The first-order chi connectivity index (χ1) is 12.6. The van der Waals surface area contributed by atoms with E-state index in [0.717, 1.165) is 11.1 Å². The molecule has 1 aliphatic heterocycles. The van der Waals surface area contributed by atoms with Crippen molar-refractivity contribution in [1.82, 2.24) is 14.9 Å². The molecule has 1 N–H and O–H groups in total. The van der Waals surface area contributed by atoms with Crippen LogP contribution < -0.4 is 0 Å². The lowest BCUT2D eigenvalue weighted by molar-refractivity contribution is -0.137. The Bertz CT molecular complexity index is 1000. The van der Waals surface area contributed by atoms with Crippen LogP contribution in [0.15, 0.2) is 66.7 Å². The molecule has 0 saturated heterocycles. The summed E-state index contributed by atoms with van der Waals surface area (Å²) in [4.78, 5) is 34.1. The fourth-order valence-electron chi connectivity index (χ4n) is 3.06. The molecule has 5 heteroatoms. The molecule has 3 aromatic rings. The van der Waals surface area contributed by atoms with E-state index in [4.69, 9.17) is 0 Å². The number of aryl methyl sites for hydroxylation is 1. The molecule has 2 amide bonds. The Morgan fingerprint density at radius 2 is 1.62 bits per heavy atom. The Hall–Kier alpha value is -3.47. The molecule has 0 bridgehead atoms. The summed E-state index contributed by atoms with van der Waals surface area (Å²) >= 11 is 0. The van der Waals surface area contributed by atoms with Crippen LogP contribution in [-0.2, 0) is 16.1 Å². The number of carbonyl (C=O) groups is 2. The predicted molar refractivity (Wildman–Crippen MR) is 98.7 cm³/mol. The smallest absolute Gasteiger partial charge is 0.263 e. The van der Waals surface area contributed by atoms with Gasteiger partial charge in [0, 0.05) is 11.6 Å². The van der Waals surface area contributed by atoms with Gasteiger partial charge in [-0.3, -0.25) is 14.5 Å². The summed E-state index contributed by atoms with van der Waals surface area (Å²) in [5.74, 6) is 0.0788. The third kappa shape index (κ3) is 2.84. The monoisotopic (exact) mass is 343 g/mol. The van der Waals surface area contributed by atoms with Crippen LogP contribution >= 0.6 is 0 Å². The summed E-state index contributed by atoms with van der Waals surface area (Å²) in [7, 11) is 0. The molecule has 128 valence electrons. The maximum absolute atomic E-state index is 12.8. The van der Waals surface area contributed by atoms with Crippen LogP contribution in [0.5, 0.6) is 0 Å². The summed E-state index contributed by atoms with van der Waals surface area (Å²) in [5.41, 5.74) is 3.49. The zero-order valence-electron chi connectivity index (χ0n) is 14.3. The fourth-order valence-corrected chi connectivity index (χ4v) is 3.06. The topological polar surface area (TPSA) is 66.1 Å². The summed E-state index contributed by atoms with van der Waals surface area (Å²) in [6.45, 7) is 2.09. The molecule has 26 heavy (non-hydrogen) atoms. The zero-order valence-corrected chi connectivity index (χ0v) is 14.3. The average Bonchev–Trinajstić information content (AvgIpc) is 3.18. The van der Waals surface area contributed by atoms with Gasteiger partial charge < -0.3 is 4.98 Å². The van der Waals surface area contributed by atoms with E-state index in [0.29, 0.717) is 22.8 Å². The first-order valence-corrected chi connectivity index (χ1v) is 8.37. The molecule has 0 spiro atoms. The molecule has 0 unspecified atom stereocenters. The number of aromatic nitrogens is 2. The number of imidazole rings is 1. The van der Waals surface area contributed by atoms with Crippen LogP contribution in [-0.4, -0.2) is 26.7 Å². The van der Waals surface area contributed by atoms with Crippen LogP contribution in [0.1, 0.15) is 17.0 Å². The van der Waals surface area contributed by atoms with Crippen molar-refractivity contribution in [2.45, 2.75) is 13.5 Å². The van der Waals surface area contributed by atoms with Gasteiger partial charge in [-0.25, -0.2) is 4.98 Å². The second-order valence-electron chi connectivity index (χ2n) is 6.18. The number of H-pyrrole nitrogens is 1.